The molecule has 0 bridgehead atoms. The largest absolute Gasteiger partial charge is 0.375 e. The number of carbonyl (C=O) groups excluding carboxylic acids is 1. The molecule has 0 aliphatic carbocycles. The van der Waals surface area contributed by atoms with E-state index in [4.69, 9.17) is 4.74 Å². The third kappa shape index (κ3) is 2.55. The van der Waals surface area contributed by atoms with Crippen molar-refractivity contribution < 1.29 is 9.53 Å². The Morgan fingerprint density at radius 1 is 1.65 bits per heavy atom. The maximum absolute atomic E-state index is 12.1. The Morgan fingerprint density at radius 2 is 2.47 bits per heavy atom. The highest BCUT2D eigenvalue weighted by Crippen LogP contribution is 2.10. The van der Waals surface area contributed by atoms with Gasteiger partial charge in [0.2, 0.25) is 0 Å². The molecular formula is C12H16N2O3. The predicted molar refractivity (Wildman–Crippen MR) is 63.0 cm³/mol. The first-order valence-corrected chi connectivity index (χ1v) is 5.81. The van der Waals surface area contributed by atoms with Crippen molar-refractivity contribution in [1.82, 2.24) is 9.88 Å². The van der Waals surface area contributed by atoms with Gasteiger partial charge in [0.15, 0.2) is 0 Å². The number of pyridine rings is 1. The molecule has 1 saturated heterocycles. The molecule has 1 aliphatic heterocycles. The molecule has 1 fully saturated rings. The summed E-state index contributed by atoms with van der Waals surface area (Å²) in [5.74, 6) is -0.214. The first-order valence-electron chi connectivity index (χ1n) is 5.81. The Bertz CT molecular complexity index is 455. The van der Waals surface area contributed by atoms with Gasteiger partial charge in [-0.2, -0.15) is 0 Å². The Hall–Kier alpha value is -1.62. The van der Waals surface area contributed by atoms with Gasteiger partial charge in [-0.25, -0.2) is 0 Å². The van der Waals surface area contributed by atoms with Crippen molar-refractivity contribution in [2.45, 2.75) is 19.4 Å². The molecule has 2 heterocycles. The molecule has 1 aliphatic rings. The molecule has 0 unspecified atom stereocenters. The van der Waals surface area contributed by atoms with Crippen LogP contribution >= 0.6 is 0 Å². The van der Waals surface area contributed by atoms with E-state index in [2.05, 4.69) is 4.98 Å². The smallest absolute Gasteiger partial charge is 0.260 e. The highest BCUT2D eigenvalue weighted by Gasteiger charge is 2.25. The van der Waals surface area contributed by atoms with E-state index in [1.807, 2.05) is 6.92 Å². The topological polar surface area (TPSA) is 62.4 Å². The van der Waals surface area contributed by atoms with E-state index in [1.54, 1.807) is 17.0 Å². The monoisotopic (exact) mass is 236 g/mol. The number of morpholine rings is 1. The predicted octanol–water partition coefficient (Wildman–Crippen LogP) is 0.626. The van der Waals surface area contributed by atoms with Gasteiger partial charge in [0, 0.05) is 19.3 Å². The highest BCUT2D eigenvalue weighted by atomic mass is 16.5. The number of ether oxygens (including phenoxy) is 1. The fourth-order valence-electron chi connectivity index (χ4n) is 1.91. The number of aromatic amines is 1. The number of rotatable bonds is 2. The Morgan fingerprint density at radius 3 is 3.18 bits per heavy atom. The SMILES string of the molecule is CC[C@@H]1CN(C(=O)c2ccc[nH]c2=O)CCO1. The van der Waals surface area contributed by atoms with Crippen LogP contribution in [0.15, 0.2) is 23.1 Å². The van der Waals surface area contributed by atoms with Crippen LogP contribution in [0.2, 0.25) is 0 Å². The van der Waals surface area contributed by atoms with Crippen LogP contribution in [0.1, 0.15) is 23.7 Å². The molecule has 0 saturated carbocycles. The lowest BCUT2D eigenvalue weighted by atomic mass is 10.2. The van der Waals surface area contributed by atoms with E-state index in [1.165, 1.54) is 6.20 Å². The summed E-state index contributed by atoms with van der Waals surface area (Å²) in [5.41, 5.74) is -0.138. The van der Waals surface area contributed by atoms with Crippen LogP contribution in [-0.2, 0) is 4.74 Å². The van der Waals surface area contributed by atoms with Gasteiger partial charge in [-0.15, -0.1) is 0 Å². The van der Waals surface area contributed by atoms with Crippen molar-refractivity contribution in [3.05, 3.63) is 34.2 Å². The third-order valence-corrected chi connectivity index (χ3v) is 2.93. The lowest BCUT2D eigenvalue weighted by Crippen LogP contribution is -2.46. The Balaban J connectivity index is 2.15. The maximum Gasteiger partial charge on any atom is 0.260 e. The van der Waals surface area contributed by atoms with E-state index in [0.29, 0.717) is 19.7 Å². The second-order valence-corrected chi connectivity index (χ2v) is 4.07. The second kappa shape index (κ2) is 5.14. The fourth-order valence-corrected chi connectivity index (χ4v) is 1.91. The normalized spacial score (nSPS) is 20.3. The van der Waals surface area contributed by atoms with Gasteiger partial charge in [0.05, 0.1) is 12.7 Å². The highest BCUT2D eigenvalue weighted by molar-refractivity contribution is 5.93. The summed E-state index contributed by atoms with van der Waals surface area (Å²) in [6.45, 7) is 3.66. The minimum Gasteiger partial charge on any atom is -0.375 e. The van der Waals surface area contributed by atoms with Crippen LogP contribution in [0.25, 0.3) is 0 Å². The van der Waals surface area contributed by atoms with Gasteiger partial charge in [-0.1, -0.05) is 6.92 Å². The quantitative estimate of drug-likeness (QED) is 0.819. The zero-order valence-corrected chi connectivity index (χ0v) is 9.81. The Labute approximate surface area is 99.4 Å². The lowest BCUT2D eigenvalue weighted by molar-refractivity contribution is -0.0226. The van der Waals surface area contributed by atoms with Crippen molar-refractivity contribution in [3.8, 4) is 0 Å². The van der Waals surface area contributed by atoms with Crippen molar-refractivity contribution in [1.29, 1.82) is 0 Å². The number of amides is 1. The van der Waals surface area contributed by atoms with Crippen LogP contribution < -0.4 is 5.56 Å². The maximum atomic E-state index is 12.1. The van der Waals surface area contributed by atoms with Gasteiger partial charge in [-0.3, -0.25) is 9.59 Å². The van der Waals surface area contributed by atoms with Crippen molar-refractivity contribution in [2.24, 2.45) is 0 Å². The number of hydrogen-bond donors (Lipinski definition) is 1. The molecule has 2 rings (SSSR count). The standard InChI is InChI=1S/C12H16N2O3/c1-2-9-8-14(6-7-17-9)12(16)10-4-3-5-13-11(10)15/h3-5,9H,2,6-8H2,1H3,(H,13,15)/t9-/m1/s1. The van der Waals surface area contributed by atoms with Crippen LogP contribution in [-0.4, -0.2) is 41.6 Å². The summed E-state index contributed by atoms with van der Waals surface area (Å²) in [5, 5.41) is 0. The van der Waals surface area contributed by atoms with Gasteiger partial charge in [-0.05, 0) is 18.6 Å². The molecule has 1 amide bonds. The summed E-state index contributed by atoms with van der Waals surface area (Å²) in [4.78, 5) is 27.8. The first-order chi connectivity index (χ1) is 8.22. The molecule has 17 heavy (non-hydrogen) atoms. The zero-order chi connectivity index (χ0) is 12.3. The van der Waals surface area contributed by atoms with Crippen LogP contribution in [0.3, 0.4) is 0 Å². The van der Waals surface area contributed by atoms with Crippen molar-refractivity contribution in [2.75, 3.05) is 19.7 Å². The summed E-state index contributed by atoms with van der Waals surface area (Å²) < 4.78 is 5.49. The number of carbonyl (C=O) groups is 1. The molecule has 0 spiro atoms. The average molecular weight is 236 g/mol. The van der Waals surface area contributed by atoms with Crippen LogP contribution in [0, 0.1) is 0 Å². The molecule has 1 aromatic heterocycles. The molecule has 1 atom stereocenters. The molecule has 0 aromatic carbocycles. The minimum absolute atomic E-state index is 0.0792. The molecule has 92 valence electrons. The lowest BCUT2D eigenvalue weighted by Gasteiger charge is -2.32. The number of nitrogens with one attached hydrogen (secondary N) is 1. The Kier molecular flexibility index (Phi) is 3.58. The van der Waals surface area contributed by atoms with E-state index in [9.17, 15) is 9.59 Å². The van der Waals surface area contributed by atoms with Crippen molar-refractivity contribution in [3.63, 3.8) is 0 Å². The number of H-pyrrole nitrogens is 1. The average Bonchev–Trinajstić information content (AvgIpc) is 2.38. The third-order valence-electron chi connectivity index (χ3n) is 2.93. The summed E-state index contributed by atoms with van der Waals surface area (Å²) in [6, 6.07) is 3.21. The number of aromatic nitrogens is 1. The van der Waals surface area contributed by atoms with E-state index < -0.39 is 0 Å². The van der Waals surface area contributed by atoms with Crippen molar-refractivity contribution >= 4 is 5.91 Å². The summed E-state index contributed by atoms with van der Waals surface area (Å²) >= 11 is 0. The van der Waals surface area contributed by atoms with Crippen LogP contribution in [0.4, 0.5) is 0 Å². The van der Waals surface area contributed by atoms with E-state index >= 15 is 0 Å². The summed E-state index contributed by atoms with van der Waals surface area (Å²) in [7, 11) is 0. The summed E-state index contributed by atoms with van der Waals surface area (Å²) in [6.07, 6.45) is 2.47. The molecule has 5 heteroatoms. The van der Waals surface area contributed by atoms with Gasteiger partial charge >= 0.3 is 0 Å². The van der Waals surface area contributed by atoms with Gasteiger partial charge in [0.1, 0.15) is 5.56 Å². The molecule has 1 aromatic rings. The number of hydrogen-bond acceptors (Lipinski definition) is 3. The van der Waals surface area contributed by atoms with E-state index in [-0.39, 0.29) is 23.1 Å². The van der Waals surface area contributed by atoms with Gasteiger partial charge in [0.25, 0.3) is 11.5 Å². The molecule has 0 radical (unpaired) electrons. The number of nitrogens with zero attached hydrogens (tertiary/aromatic N) is 1. The zero-order valence-electron chi connectivity index (χ0n) is 9.81. The van der Waals surface area contributed by atoms with Gasteiger partial charge < -0.3 is 14.6 Å². The second-order valence-electron chi connectivity index (χ2n) is 4.07. The molecule has 1 N–H and O–H groups in total. The molecule has 5 nitrogen and oxygen atoms in total. The van der Waals surface area contributed by atoms with E-state index in [0.717, 1.165) is 6.42 Å². The van der Waals surface area contributed by atoms with Crippen LogP contribution in [0.5, 0.6) is 0 Å². The minimum atomic E-state index is -0.336. The fraction of sp³-hybridized carbons (Fsp3) is 0.500. The molecular weight excluding hydrogens is 220 g/mol. The first kappa shape index (κ1) is 11.9.